The molecular formula is C66H94Cl3MgNaO19. The summed E-state index contributed by atoms with van der Waals surface area (Å²) in [6.45, 7) is 26.9. The molecule has 90 heavy (non-hydrogen) atoms. The molecule has 8 bridgehead atoms. The van der Waals surface area contributed by atoms with Crippen molar-refractivity contribution in [2.24, 2.45) is 94.7 Å². The van der Waals surface area contributed by atoms with Gasteiger partial charge in [0.1, 0.15) is 28.6 Å². The minimum atomic E-state index is -1.19. The van der Waals surface area contributed by atoms with Crippen LogP contribution in [-0.4, -0.2) is 137 Å². The van der Waals surface area contributed by atoms with E-state index in [1.165, 1.54) is 73.0 Å². The second-order valence-electron chi connectivity index (χ2n) is 24.3. The van der Waals surface area contributed by atoms with Gasteiger partial charge in [0.25, 0.3) is 0 Å². The Bertz CT molecular complexity index is 2470. The molecule has 24 heteroatoms. The fraction of sp³-hybridized carbons (Fsp3) is 0.712. The van der Waals surface area contributed by atoms with E-state index >= 15 is 0 Å². The standard InChI is InChI=1S/2C13H20O2.C13H18O2.C9H8O3.C7H10O4.C4H6O2.C3H5ClO2.C2H3ClO2.C2H5.ClH.Mg.Na/c3*1-3-13(4-2)11-9-6-5-8(7-9)10(11)12(14)15-13;10-8-6-4-1-2-5(3-4)7(6)9(11)12-8;1-5(2)7(9)11-4-6(8)10-3;1-3(2)4(5)6;1-6-3(5)2-4;3-1-2(4)5;1-2;;;/h2*8-11H,3-7H2,1-2H3;5-6,8-11H,3-4,7H2,1-2H3;1-2,4-7H,3H2;1,4H2,2-3H3;1H2,2H3,(H,5,6);2H2,1H3;1H2,(H,4,5);1H2,2H3;1H;;/q;;;;;;;;-1;;+2;+1/p-2. The number of allylic oxidation sites excluding steroid dienone is 4. The number of carbonyl (C=O) groups excluding carboxylic acids is 9. The van der Waals surface area contributed by atoms with Gasteiger partial charge in [-0.05, 0) is 157 Å². The number of carboxylic acids is 2. The number of aliphatic carboxylic acids is 2. The molecule has 10 fully saturated rings. The fourth-order valence-corrected chi connectivity index (χ4v) is 16.4. The van der Waals surface area contributed by atoms with Crippen LogP contribution in [0.1, 0.15) is 152 Å². The van der Waals surface area contributed by atoms with Gasteiger partial charge in [0, 0.05) is 23.3 Å². The number of carboxylic acid groups (broad SMARTS) is 2. The number of hydrogen-bond acceptors (Lipinski definition) is 18. The number of cyclic esters (lactones) is 5. The fourth-order valence-electron chi connectivity index (χ4n) is 16.3. The van der Waals surface area contributed by atoms with Crippen molar-refractivity contribution in [2.75, 3.05) is 32.6 Å². The maximum atomic E-state index is 12.0. The van der Waals surface area contributed by atoms with Gasteiger partial charge in [0.15, 0.2) is 6.61 Å². The van der Waals surface area contributed by atoms with E-state index in [2.05, 4.69) is 92.7 Å². The van der Waals surface area contributed by atoms with Gasteiger partial charge >= 0.3 is 106 Å². The molecule has 0 amide bonds. The zero-order valence-electron chi connectivity index (χ0n) is 54.8. The topological polar surface area (TPSA) is 279 Å². The minimum Gasteiger partial charge on any atom is -1.00 e. The third kappa shape index (κ3) is 18.9. The van der Waals surface area contributed by atoms with E-state index in [-0.39, 0.29) is 183 Å². The van der Waals surface area contributed by atoms with Crippen LogP contribution < -0.4 is 47.1 Å². The van der Waals surface area contributed by atoms with E-state index in [0.717, 1.165) is 56.8 Å². The maximum Gasteiger partial charge on any atom is 2.00 e. The van der Waals surface area contributed by atoms with Crippen LogP contribution in [0.2, 0.25) is 0 Å². The van der Waals surface area contributed by atoms with Gasteiger partial charge in [-0.15, -0.1) is 23.2 Å². The molecule has 0 spiro atoms. The number of ether oxygens (including phenoxy) is 7. The number of fused-ring (bicyclic) bond motifs is 20. The van der Waals surface area contributed by atoms with Gasteiger partial charge in [0.2, 0.25) is 0 Å². The normalized spacial score (nSPS) is 31.6. The Morgan fingerprint density at radius 3 is 1.19 bits per heavy atom. The summed E-state index contributed by atoms with van der Waals surface area (Å²) in [6, 6.07) is 0. The number of carbonyl (C=O) groups is 10. The van der Waals surface area contributed by atoms with Crippen LogP contribution in [-0.2, 0) is 81.1 Å². The zero-order chi connectivity index (χ0) is 65.5. The zero-order valence-corrected chi connectivity index (χ0v) is 60.5. The van der Waals surface area contributed by atoms with Gasteiger partial charge in [-0.3, -0.25) is 33.6 Å². The summed E-state index contributed by atoms with van der Waals surface area (Å²) >= 11 is 9.71. The van der Waals surface area contributed by atoms with Crippen LogP contribution in [0.15, 0.2) is 48.6 Å². The molecule has 4 saturated heterocycles. The Hall–Kier alpha value is -3.50. The van der Waals surface area contributed by atoms with Crippen molar-refractivity contribution in [1.82, 2.24) is 0 Å². The minimum absolute atomic E-state index is 0. The van der Waals surface area contributed by atoms with Crippen LogP contribution in [0.4, 0.5) is 0 Å². The van der Waals surface area contributed by atoms with Crippen molar-refractivity contribution in [3.63, 3.8) is 0 Å². The van der Waals surface area contributed by atoms with Crippen LogP contribution in [0, 0.1) is 102 Å². The molecule has 12 rings (SSSR count). The molecule has 0 aromatic rings. The molecule has 4 aliphatic heterocycles. The first-order valence-corrected chi connectivity index (χ1v) is 32.0. The number of methoxy groups -OCH3 is 2. The number of halogens is 3. The molecule has 8 aliphatic carbocycles. The summed E-state index contributed by atoms with van der Waals surface area (Å²) in [5, 5.41) is 17.1. The number of hydrogen-bond donors (Lipinski definition) is 1. The first kappa shape index (κ1) is 84.5. The van der Waals surface area contributed by atoms with Crippen molar-refractivity contribution in [3.8, 4) is 0 Å². The summed E-state index contributed by atoms with van der Waals surface area (Å²) in [5.41, 5.74) is -0.0151. The molecule has 16 unspecified atom stereocenters. The quantitative estimate of drug-likeness (QED) is 0.0429. The van der Waals surface area contributed by atoms with Crippen LogP contribution in [0.3, 0.4) is 0 Å². The van der Waals surface area contributed by atoms with Gasteiger partial charge in [-0.25, -0.2) is 9.59 Å². The summed E-state index contributed by atoms with van der Waals surface area (Å²) < 4.78 is 34.6. The number of esters is 8. The van der Waals surface area contributed by atoms with E-state index in [1.54, 1.807) is 6.92 Å². The monoisotopic (exact) mass is 1340 g/mol. The largest absolute Gasteiger partial charge is 2.00 e. The van der Waals surface area contributed by atoms with Crippen molar-refractivity contribution >= 4 is 106 Å². The van der Waals surface area contributed by atoms with Gasteiger partial charge in [-0.2, -0.15) is 6.92 Å². The molecule has 0 aromatic carbocycles. The molecule has 6 saturated carbocycles. The molecule has 19 nitrogen and oxygen atoms in total. The van der Waals surface area contributed by atoms with Crippen LogP contribution in [0.25, 0.3) is 0 Å². The summed E-state index contributed by atoms with van der Waals surface area (Å²) in [5.74, 6) is 2.13. The van der Waals surface area contributed by atoms with E-state index in [1.807, 2.05) is 12.2 Å². The predicted molar refractivity (Wildman–Crippen MR) is 326 cm³/mol. The molecule has 0 aromatic heterocycles. The van der Waals surface area contributed by atoms with E-state index in [0.29, 0.717) is 41.4 Å². The van der Waals surface area contributed by atoms with Gasteiger partial charge in [0.05, 0.1) is 49.8 Å². The molecule has 0 radical (unpaired) electrons. The first-order chi connectivity index (χ1) is 41.2. The second-order valence-corrected chi connectivity index (χ2v) is 24.9. The number of rotatable bonds is 12. The van der Waals surface area contributed by atoms with Crippen molar-refractivity contribution in [1.29, 1.82) is 0 Å². The van der Waals surface area contributed by atoms with E-state index in [4.69, 9.17) is 42.5 Å². The average Bonchev–Trinajstić information content (AvgIpc) is 1.61. The van der Waals surface area contributed by atoms with Gasteiger partial charge < -0.3 is 67.5 Å². The molecular weight excluding hydrogens is 1250 g/mol. The summed E-state index contributed by atoms with van der Waals surface area (Å²) in [6.07, 6.45) is 24.5. The Morgan fingerprint density at radius 2 is 0.878 bits per heavy atom. The summed E-state index contributed by atoms with van der Waals surface area (Å²) in [4.78, 5) is 108. The molecule has 1 N–H and O–H groups in total. The van der Waals surface area contributed by atoms with Crippen molar-refractivity contribution in [2.45, 2.75) is 169 Å². The van der Waals surface area contributed by atoms with E-state index in [9.17, 15) is 53.1 Å². The Balaban J connectivity index is 0.000000524. The molecule has 12 aliphatic rings. The Morgan fingerprint density at radius 1 is 0.556 bits per heavy atom. The smallest absolute Gasteiger partial charge is 1.00 e. The third-order valence-electron chi connectivity index (χ3n) is 20.3. The third-order valence-corrected chi connectivity index (χ3v) is 20.8. The number of alkyl halides is 2. The van der Waals surface area contributed by atoms with Crippen LogP contribution in [0.5, 0.6) is 0 Å². The summed E-state index contributed by atoms with van der Waals surface area (Å²) in [7, 11) is 2.52. The van der Waals surface area contributed by atoms with Crippen molar-refractivity contribution in [3.05, 3.63) is 55.5 Å². The maximum absolute atomic E-state index is 12.0. The predicted octanol–water partition coefficient (Wildman–Crippen LogP) is 3.34. The molecule has 16 atom stereocenters. The first-order valence-electron chi connectivity index (χ1n) is 30.9. The Labute approximate surface area is 586 Å². The Kier molecular flexibility index (Phi) is 35.8. The van der Waals surface area contributed by atoms with E-state index < -0.39 is 29.8 Å². The van der Waals surface area contributed by atoms with Crippen molar-refractivity contribution < 1.29 is 133 Å². The molecule has 496 valence electrons. The average molecular weight is 1350 g/mol. The SMILES string of the molecule is C=C(C)C(=O)OCC(=O)OC.C=C(C)C(=O)[O-].CCC1(CC)OC(=O)C2C3C=CC(C3)C21.CCC1(CC)OC(=O)C2C3CCC(C3)C21.CCC1(CC)OC(=O)C2C3CCC(C3)C21.COC(=O)CCl.O=C(O)CCl.O=C1OC(=O)C2C3C=CC(C3)C12.[CH2-]C.[Cl-].[Mg+2].[Na+]. The molecule has 4 heterocycles. The van der Waals surface area contributed by atoms with Crippen LogP contribution >= 0.6 is 23.2 Å². The second kappa shape index (κ2) is 38.1. The van der Waals surface area contributed by atoms with Gasteiger partial charge in [-0.1, -0.05) is 79.0 Å².